The zero-order valence-corrected chi connectivity index (χ0v) is 9.32. The van der Waals surface area contributed by atoms with Crippen molar-refractivity contribution in [1.29, 1.82) is 0 Å². The molecular formula is C10H20N4. The van der Waals surface area contributed by atoms with Gasteiger partial charge < -0.3 is 5.32 Å². The van der Waals surface area contributed by atoms with Crippen molar-refractivity contribution in [1.82, 2.24) is 20.1 Å². The van der Waals surface area contributed by atoms with Crippen LogP contribution in [0.4, 0.5) is 0 Å². The van der Waals surface area contributed by atoms with E-state index in [2.05, 4.69) is 29.2 Å². The number of unbranched alkanes of at least 4 members (excludes halogenated alkanes) is 1. The largest absolute Gasteiger partial charge is 0.307 e. The number of rotatable bonds is 6. The normalized spacial score (nSPS) is 13.1. The van der Waals surface area contributed by atoms with Crippen LogP contribution >= 0.6 is 0 Å². The van der Waals surface area contributed by atoms with E-state index in [0.29, 0.717) is 6.04 Å². The summed E-state index contributed by atoms with van der Waals surface area (Å²) >= 11 is 0. The molecule has 4 heteroatoms. The molecule has 1 aromatic rings. The van der Waals surface area contributed by atoms with Gasteiger partial charge in [-0.05, 0) is 13.3 Å². The fraction of sp³-hybridized carbons (Fsp3) is 0.800. The average molecular weight is 196 g/mol. The van der Waals surface area contributed by atoms with Crippen molar-refractivity contribution in [2.24, 2.45) is 7.05 Å². The molecule has 0 saturated carbocycles. The Hall–Kier alpha value is -0.900. The second-order valence-corrected chi connectivity index (χ2v) is 3.72. The number of nitrogens with one attached hydrogen (secondary N) is 1. The van der Waals surface area contributed by atoms with Gasteiger partial charge in [0.05, 0.1) is 6.54 Å². The minimum atomic E-state index is 0.562. The third-order valence-electron chi connectivity index (χ3n) is 2.40. The van der Waals surface area contributed by atoms with Crippen molar-refractivity contribution in [3.05, 3.63) is 12.2 Å². The van der Waals surface area contributed by atoms with Gasteiger partial charge in [-0.1, -0.05) is 19.8 Å². The quantitative estimate of drug-likeness (QED) is 0.749. The molecular weight excluding hydrogens is 176 g/mol. The van der Waals surface area contributed by atoms with Gasteiger partial charge in [-0.15, -0.1) is 0 Å². The summed E-state index contributed by atoms with van der Waals surface area (Å²) in [4.78, 5) is 4.16. The van der Waals surface area contributed by atoms with E-state index in [1.165, 1.54) is 19.3 Å². The fourth-order valence-electron chi connectivity index (χ4n) is 1.36. The molecule has 0 amide bonds. The Bertz CT molecular complexity index is 256. The third kappa shape index (κ3) is 3.46. The first-order valence-electron chi connectivity index (χ1n) is 5.30. The Labute approximate surface area is 85.7 Å². The molecule has 14 heavy (non-hydrogen) atoms. The van der Waals surface area contributed by atoms with E-state index in [1.807, 2.05) is 7.05 Å². The predicted molar refractivity (Wildman–Crippen MR) is 56.8 cm³/mol. The number of hydrogen-bond donors (Lipinski definition) is 1. The molecule has 0 spiro atoms. The Morgan fingerprint density at radius 2 is 2.36 bits per heavy atom. The van der Waals surface area contributed by atoms with Crippen LogP contribution < -0.4 is 5.32 Å². The molecule has 0 aliphatic heterocycles. The van der Waals surface area contributed by atoms with Crippen LogP contribution in [0.5, 0.6) is 0 Å². The van der Waals surface area contributed by atoms with E-state index in [9.17, 15) is 0 Å². The van der Waals surface area contributed by atoms with E-state index in [-0.39, 0.29) is 0 Å². The van der Waals surface area contributed by atoms with Crippen LogP contribution in [0.25, 0.3) is 0 Å². The summed E-state index contributed by atoms with van der Waals surface area (Å²) in [6, 6.07) is 0.562. The molecule has 0 fully saturated rings. The molecule has 0 saturated heterocycles. The fourth-order valence-corrected chi connectivity index (χ4v) is 1.36. The Balaban J connectivity index is 2.23. The van der Waals surface area contributed by atoms with Gasteiger partial charge in [0.15, 0.2) is 0 Å². The maximum absolute atomic E-state index is 4.16. The first-order chi connectivity index (χ1) is 6.74. The molecule has 1 unspecified atom stereocenters. The van der Waals surface area contributed by atoms with Gasteiger partial charge in [0, 0.05) is 13.1 Å². The summed E-state index contributed by atoms with van der Waals surface area (Å²) in [5.74, 6) is 0.994. The smallest absolute Gasteiger partial charge is 0.140 e. The molecule has 0 aliphatic carbocycles. The van der Waals surface area contributed by atoms with E-state index in [0.717, 1.165) is 12.4 Å². The van der Waals surface area contributed by atoms with E-state index in [4.69, 9.17) is 0 Å². The van der Waals surface area contributed by atoms with E-state index in [1.54, 1.807) is 11.0 Å². The van der Waals surface area contributed by atoms with Gasteiger partial charge >= 0.3 is 0 Å². The molecule has 1 aromatic heterocycles. The molecule has 0 aromatic carbocycles. The molecule has 0 radical (unpaired) electrons. The van der Waals surface area contributed by atoms with E-state index < -0.39 is 0 Å². The molecule has 0 bridgehead atoms. The van der Waals surface area contributed by atoms with Crippen molar-refractivity contribution >= 4 is 0 Å². The highest BCUT2D eigenvalue weighted by molar-refractivity contribution is 4.82. The van der Waals surface area contributed by atoms with Crippen LogP contribution in [0.1, 0.15) is 38.9 Å². The van der Waals surface area contributed by atoms with Gasteiger partial charge in [0.25, 0.3) is 0 Å². The second kappa shape index (κ2) is 5.75. The third-order valence-corrected chi connectivity index (χ3v) is 2.40. The predicted octanol–water partition coefficient (Wildman–Crippen LogP) is 1.48. The number of aromatic nitrogens is 3. The highest BCUT2D eigenvalue weighted by atomic mass is 15.3. The lowest BCUT2D eigenvalue weighted by atomic mass is 10.1. The summed E-state index contributed by atoms with van der Waals surface area (Å²) in [6.07, 6.45) is 5.37. The standard InChI is InChI=1S/C10H20N4/c1-4-5-6-9(2)11-7-10-12-8-13-14(10)3/h8-9,11H,4-7H2,1-3H3. The first kappa shape index (κ1) is 11.2. The van der Waals surface area contributed by atoms with Crippen LogP contribution in [0, 0.1) is 0 Å². The molecule has 0 aliphatic rings. The van der Waals surface area contributed by atoms with Crippen LogP contribution in [0.3, 0.4) is 0 Å². The van der Waals surface area contributed by atoms with Crippen molar-refractivity contribution in [2.75, 3.05) is 0 Å². The summed E-state index contributed by atoms with van der Waals surface area (Å²) in [6.45, 7) is 5.24. The second-order valence-electron chi connectivity index (χ2n) is 3.72. The molecule has 80 valence electrons. The van der Waals surface area contributed by atoms with Gasteiger partial charge in [-0.3, -0.25) is 4.68 Å². The monoisotopic (exact) mass is 196 g/mol. The van der Waals surface area contributed by atoms with Crippen LogP contribution in [0.15, 0.2) is 6.33 Å². The molecule has 1 rings (SSSR count). The molecule has 1 heterocycles. The maximum atomic E-state index is 4.16. The van der Waals surface area contributed by atoms with Gasteiger partial charge in [0.1, 0.15) is 12.2 Å². The average Bonchev–Trinajstić information content (AvgIpc) is 2.58. The van der Waals surface area contributed by atoms with Crippen LogP contribution in [0.2, 0.25) is 0 Å². The van der Waals surface area contributed by atoms with E-state index >= 15 is 0 Å². The Morgan fingerprint density at radius 1 is 1.57 bits per heavy atom. The van der Waals surface area contributed by atoms with Gasteiger partial charge in [-0.2, -0.15) is 5.10 Å². The first-order valence-corrected chi connectivity index (χ1v) is 5.30. The topological polar surface area (TPSA) is 42.7 Å². The summed E-state index contributed by atoms with van der Waals surface area (Å²) < 4.78 is 1.81. The van der Waals surface area contributed by atoms with Crippen LogP contribution in [-0.2, 0) is 13.6 Å². The van der Waals surface area contributed by atoms with Crippen LogP contribution in [-0.4, -0.2) is 20.8 Å². The zero-order valence-electron chi connectivity index (χ0n) is 9.32. The lowest BCUT2D eigenvalue weighted by Crippen LogP contribution is -2.26. The van der Waals surface area contributed by atoms with Crippen molar-refractivity contribution in [2.45, 2.75) is 45.7 Å². The number of nitrogens with zero attached hydrogens (tertiary/aromatic N) is 3. The van der Waals surface area contributed by atoms with Crippen molar-refractivity contribution in [3.63, 3.8) is 0 Å². The molecule has 1 N–H and O–H groups in total. The summed E-state index contributed by atoms with van der Waals surface area (Å²) in [5, 5.41) is 7.46. The summed E-state index contributed by atoms with van der Waals surface area (Å²) in [5.41, 5.74) is 0. The minimum Gasteiger partial charge on any atom is -0.307 e. The minimum absolute atomic E-state index is 0.562. The Kier molecular flexibility index (Phi) is 4.59. The zero-order chi connectivity index (χ0) is 10.4. The van der Waals surface area contributed by atoms with Crippen molar-refractivity contribution < 1.29 is 0 Å². The molecule has 4 nitrogen and oxygen atoms in total. The van der Waals surface area contributed by atoms with Gasteiger partial charge in [-0.25, -0.2) is 4.98 Å². The number of aryl methyl sites for hydroxylation is 1. The summed E-state index contributed by atoms with van der Waals surface area (Å²) in [7, 11) is 1.92. The highest BCUT2D eigenvalue weighted by Crippen LogP contribution is 2.00. The lowest BCUT2D eigenvalue weighted by molar-refractivity contribution is 0.479. The molecule has 1 atom stereocenters. The SMILES string of the molecule is CCCCC(C)NCc1ncnn1C. The van der Waals surface area contributed by atoms with Gasteiger partial charge in [0.2, 0.25) is 0 Å². The Morgan fingerprint density at radius 3 is 2.93 bits per heavy atom. The van der Waals surface area contributed by atoms with Crippen molar-refractivity contribution in [3.8, 4) is 0 Å². The number of hydrogen-bond acceptors (Lipinski definition) is 3. The maximum Gasteiger partial charge on any atom is 0.140 e. The highest BCUT2D eigenvalue weighted by Gasteiger charge is 2.03. The lowest BCUT2D eigenvalue weighted by Gasteiger charge is -2.12.